The molecule has 0 saturated carbocycles. The van der Waals surface area contributed by atoms with E-state index >= 15 is 0 Å². The Bertz CT molecular complexity index is 3000. The van der Waals surface area contributed by atoms with E-state index < -0.39 is 17.9 Å². The van der Waals surface area contributed by atoms with Crippen LogP contribution in [0.5, 0.6) is 0 Å². The van der Waals surface area contributed by atoms with Crippen LogP contribution in [-0.2, 0) is 26.2 Å². The second-order valence-electron chi connectivity index (χ2n) is 17.5. The van der Waals surface area contributed by atoms with Crippen molar-refractivity contribution in [3.63, 3.8) is 0 Å². The van der Waals surface area contributed by atoms with Crippen molar-refractivity contribution in [1.29, 1.82) is 0 Å². The van der Waals surface area contributed by atoms with Gasteiger partial charge in [0.15, 0.2) is 0 Å². The van der Waals surface area contributed by atoms with Crippen molar-refractivity contribution < 1.29 is 34.6 Å². The molecular weight excluding hydrogens is 919 g/mol. The third-order valence-corrected chi connectivity index (χ3v) is 12.3. The molecule has 3 N–H and O–H groups in total. The van der Waals surface area contributed by atoms with Crippen LogP contribution in [0.2, 0.25) is 0 Å². The van der Waals surface area contributed by atoms with Gasteiger partial charge in [-0.05, 0) is 116 Å². The number of rotatable bonds is 15. The topological polar surface area (TPSA) is 245 Å². The third kappa shape index (κ3) is 14.0. The number of aromatic nitrogens is 6. The van der Waals surface area contributed by atoms with E-state index in [0.29, 0.717) is 73.4 Å². The second kappa shape index (κ2) is 24.1. The molecule has 6 aromatic heterocycles. The fraction of sp³-hybridized carbons (Fsp3) is 0.264. The predicted molar refractivity (Wildman–Crippen MR) is 267 cm³/mol. The summed E-state index contributed by atoms with van der Waals surface area (Å²) in [5, 5.41) is 40.2. The molecule has 7 aromatic rings. The Balaban J connectivity index is 1.03. The molecule has 1 aliphatic heterocycles. The Labute approximate surface area is 415 Å². The van der Waals surface area contributed by atoms with Crippen molar-refractivity contribution in [3.8, 4) is 34.2 Å². The predicted octanol–water partition coefficient (Wildman–Crippen LogP) is 7.16. The Morgan fingerprint density at radius 2 is 0.764 bits per heavy atom. The van der Waals surface area contributed by atoms with Crippen molar-refractivity contribution in [2.24, 2.45) is 0 Å². The van der Waals surface area contributed by atoms with E-state index in [1.807, 2.05) is 54.9 Å². The summed E-state index contributed by atoms with van der Waals surface area (Å²) in [6.45, 7) is 8.16. The van der Waals surface area contributed by atoms with Gasteiger partial charge in [-0.2, -0.15) is 0 Å². The van der Waals surface area contributed by atoms with Gasteiger partial charge >= 0.3 is 17.9 Å². The number of carboxylic acids is 3. The maximum absolute atomic E-state index is 11.8. The zero-order valence-electron chi connectivity index (χ0n) is 39.4. The van der Waals surface area contributed by atoms with Gasteiger partial charge in [0.2, 0.25) is 0 Å². The molecule has 7 heterocycles. The van der Waals surface area contributed by atoms with Crippen LogP contribution in [-0.4, -0.2) is 140 Å². The molecule has 0 radical (unpaired) electrons. The minimum absolute atomic E-state index is 0.0482. The van der Waals surface area contributed by atoms with E-state index in [2.05, 4.69) is 49.5 Å². The summed E-state index contributed by atoms with van der Waals surface area (Å²) < 4.78 is 0. The molecule has 0 aliphatic carbocycles. The molecule has 0 unspecified atom stereocenters. The molecule has 0 atom stereocenters. The molecule has 72 heavy (non-hydrogen) atoms. The van der Waals surface area contributed by atoms with Gasteiger partial charge in [-0.25, -0.2) is 29.3 Å². The quantitative estimate of drug-likeness (QED) is 0.0681. The SMILES string of the molecule is O=C(O)c1cccc(-c2ccc(CN3CCCN(Cc4ccc(-c5cccc(C(=O)O)n5)nc4)CCN(Cc4cccc([N+](=O)[O-])c4)CCCN(Cc4ccc(-c5cccc(C(=O)O)n5)nc4)CC3)cn2)n1. The molecule has 19 heteroatoms. The van der Waals surface area contributed by atoms with Crippen LogP contribution in [0.3, 0.4) is 0 Å². The van der Waals surface area contributed by atoms with Crippen LogP contribution in [0.15, 0.2) is 134 Å². The number of non-ortho nitro benzene ring substituents is 1. The summed E-state index contributed by atoms with van der Waals surface area (Å²) in [4.78, 5) is 82.6. The molecule has 1 aliphatic rings. The van der Waals surface area contributed by atoms with Crippen molar-refractivity contribution in [2.45, 2.75) is 39.0 Å². The number of nitro benzene ring substituents is 1. The first-order chi connectivity index (χ1) is 34.9. The van der Waals surface area contributed by atoms with Gasteiger partial charge in [0, 0.05) is 83.1 Å². The molecule has 1 aromatic carbocycles. The highest BCUT2D eigenvalue weighted by atomic mass is 16.6. The van der Waals surface area contributed by atoms with Crippen LogP contribution in [0.1, 0.15) is 66.6 Å². The Hall–Kier alpha value is -8.23. The summed E-state index contributed by atoms with van der Waals surface area (Å²) in [5.41, 5.74) is 6.81. The van der Waals surface area contributed by atoms with Crippen molar-refractivity contribution in [2.75, 3.05) is 52.4 Å². The van der Waals surface area contributed by atoms with Gasteiger partial charge in [0.05, 0.1) is 39.1 Å². The number of nitrogens with zero attached hydrogens (tertiary/aromatic N) is 11. The molecule has 368 valence electrons. The molecule has 0 spiro atoms. The van der Waals surface area contributed by atoms with E-state index in [1.54, 1.807) is 54.7 Å². The number of pyridine rings is 6. The Kier molecular flexibility index (Phi) is 16.8. The van der Waals surface area contributed by atoms with Gasteiger partial charge in [-0.1, -0.05) is 48.5 Å². The third-order valence-electron chi connectivity index (χ3n) is 12.3. The lowest BCUT2D eigenvalue weighted by atomic mass is 10.1. The van der Waals surface area contributed by atoms with Gasteiger partial charge in [-0.15, -0.1) is 0 Å². The number of carboxylic acid groups (broad SMARTS) is 3. The van der Waals surface area contributed by atoms with E-state index in [0.717, 1.165) is 74.4 Å². The monoisotopic (exact) mass is 971 g/mol. The first kappa shape index (κ1) is 50.2. The fourth-order valence-corrected chi connectivity index (χ4v) is 8.58. The number of carbonyl (C=O) groups is 3. The first-order valence-corrected chi connectivity index (χ1v) is 23.5. The summed E-state index contributed by atoms with van der Waals surface area (Å²) in [7, 11) is 0. The highest BCUT2D eigenvalue weighted by molar-refractivity contribution is 5.87. The smallest absolute Gasteiger partial charge is 0.354 e. The Morgan fingerprint density at radius 1 is 0.431 bits per heavy atom. The van der Waals surface area contributed by atoms with Crippen LogP contribution >= 0.6 is 0 Å². The van der Waals surface area contributed by atoms with Crippen molar-refractivity contribution in [1.82, 2.24) is 49.5 Å². The molecular formula is C53H53N11O8. The first-order valence-electron chi connectivity index (χ1n) is 23.5. The van der Waals surface area contributed by atoms with E-state index in [4.69, 9.17) is 0 Å². The Morgan fingerprint density at radius 3 is 1.07 bits per heavy atom. The van der Waals surface area contributed by atoms with Crippen LogP contribution in [0.25, 0.3) is 34.2 Å². The number of nitro groups is 1. The molecule has 19 nitrogen and oxygen atoms in total. The highest BCUT2D eigenvalue weighted by Crippen LogP contribution is 2.21. The van der Waals surface area contributed by atoms with Crippen molar-refractivity contribution >= 4 is 23.6 Å². The summed E-state index contributed by atoms with van der Waals surface area (Å²) in [5.74, 6) is -3.33. The van der Waals surface area contributed by atoms with Crippen LogP contribution in [0, 0.1) is 10.1 Å². The van der Waals surface area contributed by atoms with E-state index in [1.165, 1.54) is 24.3 Å². The van der Waals surface area contributed by atoms with Gasteiger partial charge in [0.25, 0.3) is 5.69 Å². The highest BCUT2D eigenvalue weighted by Gasteiger charge is 2.19. The number of benzene rings is 1. The minimum atomic E-state index is -1.11. The lowest BCUT2D eigenvalue weighted by Crippen LogP contribution is -2.40. The summed E-state index contributed by atoms with van der Waals surface area (Å²) in [6, 6.07) is 32.9. The van der Waals surface area contributed by atoms with E-state index in [-0.39, 0.29) is 27.7 Å². The summed E-state index contributed by atoms with van der Waals surface area (Å²) in [6.07, 6.45) is 7.05. The number of hydrogen-bond donors (Lipinski definition) is 3. The average Bonchev–Trinajstić information content (AvgIpc) is 3.39. The largest absolute Gasteiger partial charge is 0.477 e. The maximum Gasteiger partial charge on any atom is 0.354 e. The van der Waals surface area contributed by atoms with Gasteiger partial charge < -0.3 is 15.3 Å². The second-order valence-corrected chi connectivity index (χ2v) is 17.5. The lowest BCUT2D eigenvalue weighted by Gasteiger charge is -2.32. The minimum Gasteiger partial charge on any atom is -0.477 e. The van der Waals surface area contributed by atoms with Crippen LogP contribution < -0.4 is 0 Å². The number of aromatic carboxylic acids is 3. The molecule has 0 bridgehead atoms. The van der Waals surface area contributed by atoms with Crippen molar-refractivity contribution in [3.05, 3.63) is 183 Å². The maximum atomic E-state index is 11.8. The fourth-order valence-electron chi connectivity index (χ4n) is 8.58. The van der Waals surface area contributed by atoms with Crippen LogP contribution in [0.4, 0.5) is 5.69 Å². The van der Waals surface area contributed by atoms with E-state index in [9.17, 15) is 39.8 Å². The molecule has 1 saturated heterocycles. The van der Waals surface area contributed by atoms with Gasteiger partial charge in [0.1, 0.15) is 17.1 Å². The van der Waals surface area contributed by atoms with Gasteiger partial charge in [-0.3, -0.25) is 44.7 Å². The summed E-state index contributed by atoms with van der Waals surface area (Å²) >= 11 is 0. The zero-order chi connectivity index (χ0) is 50.4. The molecule has 8 rings (SSSR count). The average molecular weight is 972 g/mol. The molecule has 0 amide bonds. The number of hydrogen-bond acceptors (Lipinski definition) is 15. The zero-order valence-corrected chi connectivity index (χ0v) is 39.4. The normalized spacial score (nSPS) is 14.8. The standard InChI is InChI=1S/C53H53N11O8/c65-51(66)48-12-2-9-45(57-48)42-18-15-38(30-54-42)34-61-23-6-24-63(36-40-17-20-44(56-32-40)47-11-4-14-50(59-47)53(69)70)28-27-62(22-5-21-60(25-26-61)33-37-7-1-8-41(29-37)64(71)72)35-39-16-19-43(55-31-39)46-10-3-13-49(58-46)52(67)68/h1-4,7-20,29-32H,5-6,21-28,33-36H2,(H,65,66)(H,67,68)(H,69,70). The molecule has 1 fully saturated rings. The lowest BCUT2D eigenvalue weighted by molar-refractivity contribution is -0.384.